The molecule has 8 heteroatoms. The van der Waals surface area contributed by atoms with Gasteiger partial charge in [0.2, 0.25) is 5.91 Å². The first-order valence-electron chi connectivity index (χ1n) is 7.02. The van der Waals surface area contributed by atoms with Gasteiger partial charge in [-0.25, -0.2) is 0 Å². The summed E-state index contributed by atoms with van der Waals surface area (Å²) < 4.78 is 35.8. The van der Waals surface area contributed by atoms with Gasteiger partial charge in [-0.1, -0.05) is 17.7 Å². The van der Waals surface area contributed by atoms with Crippen LogP contribution in [0.2, 0.25) is 0 Å². The Labute approximate surface area is 148 Å². The van der Waals surface area contributed by atoms with E-state index in [-0.39, 0.29) is 33.0 Å². The third-order valence-corrected chi connectivity index (χ3v) is 4.92. The molecule has 0 aliphatic heterocycles. The maximum Gasteiger partial charge on any atom is 0.339 e. The third kappa shape index (κ3) is 4.07. The van der Waals surface area contributed by atoms with E-state index in [0.29, 0.717) is 0 Å². The molecule has 0 unspecified atom stereocenters. The van der Waals surface area contributed by atoms with Crippen molar-refractivity contribution in [3.8, 4) is 11.5 Å². The van der Waals surface area contributed by atoms with Crippen molar-refractivity contribution in [1.82, 2.24) is 0 Å². The summed E-state index contributed by atoms with van der Waals surface area (Å²) in [4.78, 5) is 11.4. The molecule has 0 radical (unpaired) electrons. The largest absolute Gasteiger partial charge is 0.490 e. The molecule has 0 fully saturated rings. The Morgan fingerprint density at radius 3 is 2.38 bits per heavy atom. The van der Waals surface area contributed by atoms with Crippen molar-refractivity contribution in [2.75, 3.05) is 6.61 Å². The molecule has 0 atom stereocenters. The van der Waals surface area contributed by atoms with Crippen LogP contribution in [0.3, 0.4) is 0 Å². The fourth-order valence-corrected chi connectivity index (χ4v) is 3.50. The fourth-order valence-electron chi connectivity index (χ4n) is 1.92. The van der Waals surface area contributed by atoms with E-state index in [1.54, 1.807) is 19.1 Å². The molecule has 6 nitrogen and oxygen atoms in total. The molecule has 2 rings (SSSR count). The van der Waals surface area contributed by atoms with Gasteiger partial charge >= 0.3 is 10.1 Å². The predicted molar refractivity (Wildman–Crippen MR) is 92.8 cm³/mol. The van der Waals surface area contributed by atoms with E-state index in [1.165, 1.54) is 24.3 Å². The second kappa shape index (κ2) is 7.23. The Kier molecular flexibility index (Phi) is 5.51. The molecular formula is C16H16BrNO5S. The zero-order chi connectivity index (χ0) is 17.9. The number of primary amides is 1. The zero-order valence-electron chi connectivity index (χ0n) is 13.1. The number of carbonyl (C=O) groups excluding carboxylic acids is 1. The van der Waals surface area contributed by atoms with Crippen LogP contribution in [-0.4, -0.2) is 20.9 Å². The van der Waals surface area contributed by atoms with E-state index in [2.05, 4.69) is 15.9 Å². The third-order valence-electron chi connectivity index (χ3n) is 3.10. The summed E-state index contributed by atoms with van der Waals surface area (Å²) in [5.41, 5.74) is 6.35. The number of benzene rings is 2. The van der Waals surface area contributed by atoms with Gasteiger partial charge in [0.05, 0.1) is 11.1 Å². The zero-order valence-corrected chi connectivity index (χ0v) is 15.5. The number of carbonyl (C=O) groups is 1. The number of amides is 1. The van der Waals surface area contributed by atoms with Crippen molar-refractivity contribution in [2.24, 2.45) is 5.73 Å². The summed E-state index contributed by atoms with van der Waals surface area (Å²) >= 11 is 3.20. The Morgan fingerprint density at radius 2 is 1.83 bits per heavy atom. The van der Waals surface area contributed by atoms with Gasteiger partial charge < -0.3 is 14.7 Å². The van der Waals surface area contributed by atoms with Crippen LogP contribution in [0.1, 0.15) is 22.8 Å². The number of aryl methyl sites for hydroxylation is 1. The van der Waals surface area contributed by atoms with Crippen molar-refractivity contribution in [3.63, 3.8) is 0 Å². The lowest BCUT2D eigenvalue weighted by molar-refractivity contribution is 0.0999. The lowest BCUT2D eigenvalue weighted by atomic mass is 10.2. The molecule has 1 amide bonds. The van der Waals surface area contributed by atoms with E-state index in [0.717, 1.165) is 5.56 Å². The van der Waals surface area contributed by atoms with E-state index in [9.17, 15) is 13.2 Å². The lowest BCUT2D eigenvalue weighted by Gasteiger charge is -2.14. The van der Waals surface area contributed by atoms with Crippen molar-refractivity contribution < 1.29 is 22.1 Å². The quantitative estimate of drug-likeness (QED) is 0.734. The first-order valence-corrected chi connectivity index (χ1v) is 9.22. The highest BCUT2D eigenvalue weighted by molar-refractivity contribution is 9.10. The van der Waals surface area contributed by atoms with Gasteiger partial charge in [-0.05, 0) is 54.0 Å². The number of hydrogen-bond donors (Lipinski definition) is 1. The Balaban J connectivity index is 2.47. The minimum Gasteiger partial charge on any atom is -0.490 e. The highest BCUT2D eigenvalue weighted by atomic mass is 79.9. The molecule has 0 bridgehead atoms. The molecule has 24 heavy (non-hydrogen) atoms. The minimum atomic E-state index is -4.05. The molecule has 0 aliphatic carbocycles. The van der Waals surface area contributed by atoms with E-state index in [1.807, 2.05) is 6.92 Å². The normalized spacial score (nSPS) is 11.1. The standard InChI is InChI=1S/C16H16BrNO5S/c1-3-22-14-9-11(16(18)19)8-13(17)15(14)23-24(20,21)12-6-4-10(2)5-7-12/h4-9H,3H2,1-2H3,(H2,18,19). The maximum atomic E-state index is 12.5. The summed E-state index contributed by atoms with van der Waals surface area (Å²) in [5, 5.41) is 0. The first kappa shape index (κ1) is 18.3. The van der Waals surface area contributed by atoms with Crippen LogP contribution in [0.4, 0.5) is 0 Å². The second-order valence-electron chi connectivity index (χ2n) is 4.93. The van der Waals surface area contributed by atoms with Crippen LogP contribution in [0.15, 0.2) is 45.8 Å². The van der Waals surface area contributed by atoms with Crippen LogP contribution in [0.25, 0.3) is 0 Å². The number of rotatable bonds is 6. The van der Waals surface area contributed by atoms with Gasteiger partial charge in [0.15, 0.2) is 11.5 Å². The average molecular weight is 414 g/mol. The van der Waals surface area contributed by atoms with Crippen LogP contribution < -0.4 is 14.7 Å². The number of halogens is 1. The number of nitrogens with two attached hydrogens (primary N) is 1. The maximum absolute atomic E-state index is 12.5. The first-order chi connectivity index (χ1) is 11.2. The van der Waals surface area contributed by atoms with Gasteiger partial charge in [0.1, 0.15) is 4.90 Å². The molecular weight excluding hydrogens is 398 g/mol. The molecule has 2 aromatic carbocycles. The van der Waals surface area contributed by atoms with E-state index < -0.39 is 16.0 Å². The average Bonchev–Trinajstić information content (AvgIpc) is 2.51. The summed E-state index contributed by atoms with van der Waals surface area (Å²) in [7, 11) is -4.05. The molecule has 0 saturated heterocycles. The van der Waals surface area contributed by atoms with Crippen molar-refractivity contribution >= 4 is 32.0 Å². The van der Waals surface area contributed by atoms with Gasteiger partial charge in [-0.2, -0.15) is 8.42 Å². The van der Waals surface area contributed by atoms with Crippen LogP contribution in [0, 0.1) is 6.92 Å². The highest BCUT2D eigenvalue weighted by Gasteiger charge is 2.23. The molecule has 2 aromatic rings. The van der Waals surface area contributed by atoms with Crippen molar-refractivity contribution in [3.05, 3.63) is 52.0 Å². The Bertz CT molecular complexity index is 863. The van der Waals surface area contributed by atoms with Gasteiger partial charge in [-0.15, -0.1) is 0 Å². The fraction of sp³-hybridized carbons (Fsp3) is 0.188. The van der Waals surface area contributed by atoms with E-state index in [4.69, 9.17) is 14.7 Å². The van der Waals surface area contributed by atoms with Crippen molar-refractivity contribution in [1.29, 1.82) is 0 Å². The Morgan fingerprint density at radius 1 is 1.21 bits per heavy atom. The number of hydrogen-bond acceptors (Lipinski definition) is 5. The van der Waals surface area contributed by atoms with E-state index >= 15 is 0 Å². The molecule has 0 heterocycles. The molecule has 0 spiro atoms. The monoisotopic (exact) mass is 413 g/mol. The summed E-state index contributed by atoms with van der Waals surface area (Å²) in [6.45, 7) is 3.84. The van der Waals surface area contributed by atoms with Crippen LogP contribution >= 0.6 is 15.9 Å². The Hall–Kier alpha value is -2.06. The number of ether oxygens (including phenoxy) is 1. The highest BCUT2D eigenvalue weighted by Crippen LogP contribution is 2.38. The summed E-state index contributed by atoms with van der Waals surface area (Å²) in [5.74, 6) is -0.594. The predicted octanol–water partition coefficient (Wildman–Crippen LogP) is 3.02. The van der Waals surface area contributed by atoms with Gasteiger partial charge in [-0.3, -0.25) is 4.79 Å². The molecule has 0 aliphatic rings. The van der Waals surface area contributed by atoms with Crippen LogP contribution in [-0.2, 0) is 10.1 Å². The molecule has 128 valence electrons. The summed E-state index contributed by atoms with van der Waals surface area (Å²) in [6, 6.07) is 8.98. The van der Waals surface area contributed by atoms with Gasteiger partial charge in [0.25, 0.3) is 0 Å². The molecule has 0 saturated carbocycles. The lowest BCUT2D eigenvalue weighted by Crippen LogP contribution is -2.14. The molecule has 2 N–H and O–H groups in total. The SMILES string of the molecule is CCOc1cc(C(N)=O)cc(Br)c1OS(=O)(=O)c1ccc(C)cc1. The van der Waals surface area contributed by atoms with Crippen molar-refractivity contribution in [2.45, 2.75) is 18.7 Å². The second-order valence-corrected chi connectivity index (χ2v) is 7.33. The molecule has 0 aromatic heterocycles. The van der Waals surface area contributed by atoms with Gasteiger partial charge in [0, 0.05) is 5.56 Å². The minimum absolute atomic E-state index is 0.0152. The smallest absolute Gasteiger partial charge is 0.339 e. The summed E-state index contributed by atoms with van der Waals surface area (Å²) in [6.07, 6.45) is 0. The van der Waals surface area contributed by atoms with Crippen LogP contribution in [0.5, 0.6) is 11.5 Å². The topological polar surface area (TPSA) is 95.7 Å².